The Balaban J connectivity index is 1.88. The summed E-state index contributed by atoms with van der Waals surface area (Å²) < 4.78 is 0. The van der Waals surface area contributed by atoms with Crippen molar-refractivity contribution in [3.05, 3.63) is 53.1 Å². The fraction of sp³-hybridized carbons (Fsp3) is 0.235. The largest absolute Gasteiger partial charge is 0.378 e. The lowest BCUT2D eigenvalue weighted by molar-refractivity contribution is -0.114. The van der Waals surface area contributed by atoms with Crippen LogP contribution in [0.1, 0.15) is 5.56 Å². The zero-order valence-corrected chi connectivity index (χ0v) is 13.7. The second-order valence-corrected chi connectivity index (χ2v) is 5.71. The van der Waals surface area contributed by atoms with Crippen molar-refractivity contribution in [1.82, 2.24) is 0 Å². The van der Waals surface area contributed by atoms with Gasteiger partial charge >= 0.3 is 0 Å². The number of nitrogens with one attached hydrogen (secondary N) is 2. The minimum absolute atomic E-state index is 0.114. The number of nitrogens with zero attached hydrogens (tertiary/aromatic N) is 1. The Kier molecular flexibility index (Phi) is 5.28. The Bertz CT molecular complexity index is 653. The topological polar surface area (TPSA) is 44.4 Å². The average molecular weight is 318 g/mol. The molecule has 2 aromatic carbocycles. The maximum Gasteiger partial charge on any atom is 0.243 e. The van der Waals surface area contributed by atoms with Crippen molar-refractivity contribution in [3.8, 4) is 0 Å². The highest BCUT2D eigenvalue weighted by molar-refractivity contribution is 6.31. The van der Waals surface area contributed by atoms with Crippen LogP contribution in [0.2, 0.25) is 5.02 Å². The van der Waals surface area contributed by atoms with Crippen molar-refractivity contribution in [2.45, 2.75) is 6.92 Å². The van der Waals surface area contributed by atoms with Crippen LogP contribution in [-0.4, -0.2) is 26.5 Å². The van der Waals surface area contributed by atoms with E-state index in [0.29, 0.717) is 10.7 Å². The van der Waals surface area contributed by atoms with E-state index < -0.39 is 0 Å². The third-order valence-corrected chi connectivity index (χ3v) is 3.70. The fourth-order valence-electron chi connectivity index (χ4n) is 1.94. The molecule has 0 saturated carbocycles. The molecule has 0 spiro atoms. The maximum atomic E-state index is 11.9. The molecule has 0 atom stereocenters. The van der Waals surface area contributed by atoms with Crippen LogP contribution in [-0.2, 0) is 4.79 Å². The zero-order chi connectivity index (χ0) is 16.1. The first-order valence-corrected chi connectivity index (χ1v) is 7.41. The number of rotatable bonds is 5. The minimum atomic E-state index is -0.114. The van der Waals surface area contributed by atoms with Gasteiger partial charge in [0.1, 0.15) is 0 Å². The predicted octanol–water partition coefficient (Wildman–Crippen LogP) is 3.77. The van der Waals surface area contributed by atoms with E-state index in [1.807, 2.05) is 62.3 Å². The molecule has 5 heteroatoms. The van der Waals surface area contributed by atoms with Crippen molar-refractivity contribution >= 4 is 34.6 Å². The first kappa shape index (κ1) is 16.2. The first-order chi connectivity index (χ1) is 10.5. The zero-order valence-electron chi connectivity index (χ0n) is 13.0. The van der Waals surface area contributed by atoms with E-state index in [0.717, 1.165) is 16.9 Å². The van der Waals surface area contributed by atoms with Crippen LogP contribution in [0.3, 0.4) is 0 Å². The molecule has 0 aliphatic rings. The second kappa shape index (κ2) is 7.18. The van der Waals surface area contributed by atoms with Gasteiger partial charge < -0.3 is 15.5 Å². The Labute approximate surface area is 136 Å². The average Bonchev–Trinajstić information content (AvgIpc) is 2.49. The van der Waals surface area contributed by atoms with E-state index in [-0.39, 0.29) is 12.5 Å². The molecular weight excluding hydrogens is 298 g/mol. The van der Waals surface area contributed by atoms with Gasteiger partial charge in [-0.2, -0.15) is 0 Å². The van der Waals surface area contributed by atoms with Gasteiger partial charge in [0.05, 0.1) is 6.54 Å². The summed E-state index contributed by atoms with van der Waals surface area (Å²) in [6.07, 6.45) is 0. The predicted molar refractivity (Wildman–Crippen MR) is 94.1 cm³/mol. The number of benzene rings is 2. The lowest BCUT2D eigenvalue weighted by Crippen LogP contribution is -2.21. The Morgan fingerprint density at radius 1 is 1.09 bits per heavy atom. The molecule has 0 unspecified atom stereocenters. The molecule has 0 saturated heterocycles. The molecule has 0 heterocycles. The third kappa shape index (κ3) is 4.40. The molecule has 4 nitrogen and oxygen atoms in total. The highest BCUT2D eigenvalue weighted by Gasteiger charge is 2.04. The molecule has 0 bridgehead atoms. The molecule has 2 rings (SSSR count). The van der Waals surface area contributed by atoms with Crippen LogP contribution < -0.4 is 15.5 Å². The van der Waals surface area contributed by atoms with Gasteiger partial charge in [0.25, 0.3) is 0 Å². The van der Waals surface area contributed by atoms with Crippen molar-refractivity contribution in [2.24, 2.45) is 0 Å². The Morgan fingerprint density at radius 3 is 2.32 bits per heavy atom. The van der Waals surface area contributed by atoms with Crippen molar-refractivity contribution < 1.29 is 4.79 Å². The molecule has 2 N–H and O–H groups in total. The summed E-state index contributed by atoms with van der Waals surface area (Å²) in [5, 5.41) is 6.55. The van der Waals surface area contributed by atoms with Gasteiger partial charge in [-0.1, -0.05) is 17.7 Å². The van der Waals surface area contributed by atoms with E-state index in [1.165, 1.54) is 0 Å². The molecule has 0 aliphatic carbocycles. The molecule has 2 aromatic rings. The summed E-state index contributed by atoms with van der Waals surface area (Å²) in [4.78, 5) is 14.0. The monoisotopic (exact) mass is 317 g/mol. The van der Waals surface area contributed by atoms with Gasteiger partial charge in [-0.05, 0) is 48.9 Å². The van der Waals surface area contributed by atoms with Gasteiger partial charge in [0, 0.05) is 36.2 Å². The Morgan fingerprint density at radius 2 is 1.73 bits per heavy atom. The third-order valence-electron chi connectivity index (χ3n) is 3.29. The van der Waals surface area contributed by atoms with E-state index in [2.05, 4.69) is 10.6 Å². The highest BCUT2D eigenvalue weighted by atomic mass is 35.5. The smallest absolute Gasteiger partial charge is 0.243 e. The summed E-state index contributed by atoms with van der Waals surface area (Å²) >= 11 is 6.04. The second-order valence-electron chi connectivity index (χ2n) is 5.31. The van der Waals surface area contributed by atoms with Crippen LogP contribution in [0, 0.1) is 6.92 Å². The van der Waals surface area contributed by atoms with Crippen molar-refractivity contribution in [2.75, 3.05) is 36.2 Å². The molecule has 22 heavy (non-hydrogen) atoms. The summed E-state index contributed by atoms with van der Waals surface area (Å²) in [5.41, 5.74) is 3.70. The van der Waals surface area contributed by atoms with Gasteiger partial charge in [-0.15, -0.1) is 0 Å². The lowest BCUT2D eigenvalue weighted by Gasteiger charge is -2.13. The SMILES string of the molecule is Cc1ccc(NC(=O)CNc2ccc(N(C)C)cc2)cc1Cl. The summed E-state index contributed by atoms with van der Waals surface area (Å²) in [5.74, 6) is -0.114. The molecule has 0 fully saturated rings. The highest BCUT2D eigenvalue weighted by Crippen LogP contribution is 2.20. The summed E-state index contributed by atoms with van der Waals surface area (Å²) in [7, 11) is 3.98. The molecule has 0 aromatic heterocycles. The molecule has 0 aliphatic heterocycles. The molecule has 1 amide bonds. The van der Waals surface area contributed by atoms with Crippen LogP contribution in [0.4, 0.5) is 17.1 Å². The fourth-order valence-corrected chi connectivity index (χ4v) is 2.12. The van der Waals surface area contributed by atoms with Gasteiger partial charge in [0.2, 0.25) is 5.91 Å². The lowest BCUT2D eigenvalue weighted by atomic mass is 10.2. The van der Waals surface area contributed by atoms with E-state index in [1.54, 1.807) is 6.07 Å². The number of carbonyl (C=O) groups excluding carboxylic acids is 1. The van der Waals surface area contributed by atoms with Crippen molar-refractivity contribution in [3.63, 3.8) is 0 Å². The maximum absolute atomic E-state index is 11.9. The first-order valence-electron chi connectivity index (χ1n) is 7.03. The van der Waals surface area contributed by atoms with Crippen LogP contribution in [0.15, 0.2) is 42.5 Å². The number of hydrogen-bond acceptors (Lipinski definition) is 3. The normalized spacial score (nSPS) is 10.2. The minimum Gasteiger partial charge on any atom is -0.378 e. The standard InChI is InChI=1S/C17H20ClN3O/c1-12-4-5-14(10-16(12)18)20-17(22)11-19-13-6-8-15(9-7-13)21(2)3/h4-10,19H,11H2,1-3H3,(H,20,22). The van der Waals surface area contributed by atoms with Crippen LogP contribution in [0.25, 0.3) is 0 Å². The Hall–Kier alpha value is -2.20. The number of amides is 1. The number of hydrogen-bond donors (Lipinski definition) is 2. The molecule has 116 valence electrons. The number of anilines is 3. The number of carbonyl (C=O) groups is 1. The summed E-state index contributed by atoms with van der Waals surface area (Å²) in [6.45, 7) is 2.12. The molecular formula is C17H20ClN3O. The van der Waals surface area contributed by atoms with Gasteiger partial charge in [0.15, 0.2) is 0 Å². The van der Waals surface area contributed by atoms with Crippen LogP contribution >= 0.6 is 11.6 Å². The van der Waals surface area contributed by atoms with E-state index >= 15 is 0 Å². The number of halogens is 1. The van der Waals surface area contributed by atoms with E-state index in [4.69, 9.17) is 11.6 Å². The van der Waals surface area contributed by atoms with Gasteiger partial charge in [-0.25, -0.2) is 0 Å². The van der Waals surface area contributed by atoms with E-state index in [9.17, 15) is 4.79 Å². The molecule has 0 radical (unpaired) electrons. The van der Waals surface area contributed by atoms with Crippen molar-refractivity contribution in [1.29, 1.82) is 0 Å². The number of aryl methyl sites for hydroxylation is 1. The quantitative estimate of drug-likeness (QED) is 0.882. The van der Waals surface area contributed by atoms with Crippen LogP contribution in [0.5, 0.6) is 0 Å². The summed E-state index contributed by atoms with van der Waals surface area (Å²) in [6, 6.07) is 13.4. The van der Waals surface area contributed by atoms with Gasteiger partial charge in [-0.3, -0.25) is 4.79 Å².